The molecule has 1 aliphatic rings. The molecule has 0 aliphatic carbocycles. The minimum atomic E-state index is -3.76. The molecule has 5 nitrogen and oxygen atoms in total. The predicted octanol–water partition coefficient (Wildman–Crippen LogP) is 2.56. The fourth-order valence-electron chi connectivity index (χ4n) is 2.76. The second-order valence-electron chi connectivity index (χ2n) is 7.01. The molecule has 128 valence electrons. The molecule has 1 heterocycles. The van der Waals surface area contributed by atoms with Gasteiger partial charge in [0, 0.05) is 11.6 Å². The van der Waals surface area contributed by atoms with Crippen LogP contribution in [0.2, 0.25) is 5.02 Å². The highest BCUT2D eigenvalue weighted by molar-refractivity contribution is 7.89. The van der Waals surface area contributed by atoms with E-state index in [0.29, 0.717) is 18.0 Å². The van der Waals surface area contributed by atoms with Gasteiger partial charge in [-0.1, -0.05) is 32.4 Å². The van der Waals surface area contributed by atoms with Crippen molar-refractivity contribution in [1.29, 1.82) is 0 Å². The van der Waals surface area contributed by atoms with Crippen molar-refractivity contribution in [2.45, 2.75) is 44.6 Å². The summed E-state index contributed by atoms with van der Waals surface area (Å²) in [5.41, 5.74) is 0.0102. The van der Waals surface area contributed by atoms with Gasteiger partial charge in [0.25, 0.3) is 0 Å². The number of hydrogen-bond acceptors (Lipinski definition) is 3. The Morgan fingerprint density at radius 3 is 2.39 bits per heavy atom. The van der Waals surface area contributed by atoms with Crippen LogP contribution < -0.4 is 10.0 Å². The minimum Gasteiger partial charge on any atom is -0.355 e. The summed E-state index contributed by atoms with van der Waals surface area (Å²) in [7, 11) is -3.76. The fourth-order valence-corrected chi connectivity index (χ4v) is 4.09. The number of carbonyl (C=O) groups excluding carboxylic acids is 1. The average molecular weight is 359 g/mol. The quantitative estimate of drug-likeness (QED) is 0.871. The molecule has 2 N–H and O–H groups in total. The predicted molar refractivity (Wildman–Crippen MR) is 90.8 cm³/mol. The summed E-state index contributed by atoms with van der Waals surface area (Å²) >= 11 is 5.79. The molecule has 1 amide bonds. The third-order valence-electron chi connectivity index (χ3n) is 4.27. The summed E-state index contributed by atoms with van der Waals surface area (Å²) in [4.78, 5) is 12.3. The van der Waals surface area contributed by atoms with Crippen molar-refractivity contribution in [2.75, 3.05) is 6.54 Å². The van der Waals surface area contributed by atoms with Crippen molar-refractivity contribution in [1.82, 2.24) is 10.0 Å². The summed E-state index contributed by atoms with van der Waals surface area (Å²) in [5.74, 6) is -0.0198. The molecule has 0 radical (unpaired) electrons. The minimum absolute atomic E-state index is 0.0102. The zero-order valence-corrected chi connectivity index (χ0v) is 15.2. The van der Waals surface area contributed by atoms with Crippen LogP contribution in [-0.2, 0) is 14.8 Å². The summed E-state index contributed by atoms with van der Waals surface area (Å²) in [6.45, 7) is 6.90. The molecule has 7 heteroatoms. The number of nitrogens with one attached hydrogen (secondary N) is 2. The number of amides is 1. The van der Waals surface area contributed by atoms with Crippen molar-refractivity contribution in [3.63, 3.8) is 0 Å². The molecule has 0 bridgehead atoms. The summed E-state index contributed by atoms with van der Waals surface area (Å²) in [6, 6.07) is 5.13. The number of sulfonamides is 1. The lowest BCUT2D eigenvalue weighted by Crippen LogP contribution is -2.46. The van der Waals surface area contributed by atoms with E-state index in [1.165, 1.54) is 24.3 Å². The van der Waals surface area contributed by atoms with Crippen LogP contribution in [0.25, 0.3) is 0 Å². The molecule has 0 saturated carbocycles. The van der Waals surface area contributed by atoms with E-state index in [2.05, 4.69) is 30.8 Å². The van der Waals surface area contributed by atoms with Gasteiger partial charge in [0.2, 0.25) is 15.9 Å². The average Bonchev–Trinajstić information content (AvgIpc) is 2.61. The first-order valence-corrected chi connectivity index (χ1v) is 9.51. The Bertz CT molecular complexity index is 666. The fraction of sp³-hybridized carbons (Fsp3) is 0.562. The largest absolute Gasteiger partial charge is 0.355 e. The Morgan fingerprint density at radius 2 is 1.83 bits per heavy atom. The van der Waals surface area contributed by atoms with Gasteiger partial charge in [0.1, 0.15) is 6.04 Å². The number of rotatable bonds is 3. The van der Waals surface area contributed by atoms with Gasteiger partial charge in [-0.25, -0.2) is 8.42 Å². The number of halogens is 1. The molecule has 0 spiro atoms. The van der Waals surface area contributed by atoms with E-state index in [1.807, 2.05) is 0 Å². The zero-order valence-electron chi connectivity index (χ0n) is 13.6. The maximum Gasteiger partial charge on any atom is 0.241 e. The standard InChI is InChI=1S/C16H23ClN2O3S/c1-16(2,3)11-8-9-18-15(20)14(10-11)19-23(21,22)13-6-4-12(17)5-7-13/h4-7,11,14,19H,8-10H2,1-3H3,(H,18,20). The van der Waals surface area contributed by atoms with E-state index in [0.717, 1.165) is 6.42 Å². The van der Waals surface area contributed by atoms with Crippen LogP contribution in [0.3, 0.4) is 0 Å². The number of carbonyl (C=O) groups is 1. The first-order chi connectivity index (χ1) is 10.6. The van der Waals surface area contributed by atoms with Gasteiger partial charge in [-0.15, -0.1) is 0 Å². The van der Waals surface area contributed by atoms with Gasteiger partial charge in [-0.2, -0.15) is 4.72 Å². The van der Waals surface area contributed by atoms with Gasteiger partial charge in [-0.05, 0) is 48.4 Å². The Labute approximate surface area is 142 Å². The Kier molecular flexibility index (Phi) is 5.38. The Hall–Kier alpha value is -1.11. The first kappa shape index (κ1) is 18.2. The molecule has 1 fully saturated rings. The van der Waals surface area contributed by atoms with Gasteiger partial charge >= 0.3 is 0 Å². The van der Waals surface area contributed by atoms with Crippen LogP contribution in [0.1, 0.15) is 33.6 Å². The van der Waals surface area contributed by atoms with Crippen LogP contribution >= 0.6 is 11.6 Å². The SMILES string of the molecule is CC(C)(C)C1CCNC(=O)C(NS(=O)(=O)c2ccc(Cl)cc2)C1. The number of hydrogen-bond donors (Lipinski definition) is 2. The van der Waals surface area contributed by atoms with E-state index in [1.54, 1.807) is 0 Å². The third-order valence-corrected chi connectivity index (χ3v) is 6.01. The summed E-state index contributed by atoms with van der Waals surface area (Å²) in [5, 5.41) is 3.25. The van der Waals surface area contributed by atoms with Gasteiger partial charge in [0.05, 0.1) is 4.90 Å². The van der Waals surface area contributed by atoms with Crippen molar-refractivity contribution < 1.29 is 13.2 Å². The molecule has 1 aliphatic heterocycles. The van der Waals surface area contributed by atoms with Crippen molar-refractivity contribution in [3.05, 3.63) is 29.3 Å². The molecule has 1 aromatic carbocycles. The highest BCUT2D eigenvalue weighted by Crippen LogP contribution is 2.33. The second-order valence-corrected chi connectivity index (χ2v) is 9.16. The normalized spacial score (nSPS) is 23.2. The monoisotopic (exact) mass is 358 g/mol. The van der Waals surface area contributed by atoms with Gasteiger partial charge < -0.3 is 5.32 Å². The molecule has 2 unspecified atom stereocenters. The van der Waals surface area contributed by atoms with Crippen LogP contribution in [0.15, 0.2) is 29.2 Å². The van der Waals surface area contributed by atoms with Crippen LogP contribution in [0.5, 0.6) is 0 Å². The topological polar surface area (TPSA) is 75.3 Å². The molecule has 1 saturated heterocycles. The molecular formula is C16H23ClN2O3S. The summed E-state index contributed by atoms with van der Waals surface area (Å²) < 4.78 is 27.5. The molecule has 0 aromatic heterocycles. The van der Waals surface area contributed by atoms with E-state index in [-0.39, 0.29) is 22.1 Å². The van der Waals surface area contributed by atoms with Crippen molar-refractivity contribution >= 4 is 27.5 Å². The lowest BCUT2D eigenvalue weighted by atomic mass is 9.76. The molecule has 2 atom stereocenters. The molecule has 1 aromatic rings. The van der Waals surface area contributed by atoms with Gasteiger partial charge in [0.15, 0.2) is 0 Å². The highest BCUT2D eigenvalue weighted by Gasteiger charge is 2.35. The third kappa shape index (κ3) is 4.68. The van der Waals surface area contributed by atoms with E-state index in [9.17, 15) is 13.2 Å². The highest BCUT2D eigenvalue weighted by atomic mass is 35.5. The second kappa shape index (κ2) is 6.79. The van der Waals surface area contributed by atoms with Crippen molar-refractivity contribution in [2.24, 2.45) is 11.3 Å². The zero-order chi connectivity index (χ0) is 17.3. The van der Waals surface area contributed by atoms with E-state index < -0.39 is 16.1 Å². The summed E-state index contributed by atoms with van der Waals surface area (Å²) in [6.07, 6.45) is 1.33. The van der Waals surface area contributed by atoms with Gasteiger partial charge in [-0.3, -0.25) is 4.79 Å². The smallest absolute Gasteiger partial charge is 0.241 e. The maximum atomic E-state index is 12.5. The lowest BCUT2D eigenvalue weighted by Gasteiger charge is -2.31. The molecular weight excluding hydrogens is 336 g/mol. The Balaban J connectivity index is 2.21. The lowest BCUT2D eigenvalue weighted by molar-refractivity contribution is -0.122. The van der Waals surface area contributed by atoms with Crippen LogP contribution in [0.4, 0.5) is 0 Å². The van der Waals surface area contributed by atoms with Crippen LogP contribution in [-0.4, -0.2) is 26.9 Å². The first-order valence-electron chi connectivity index (χ1n) is 7.65. The molecule has 2 rings (SSSR count). The van der Waals surface area contributed by atoms with E-state index >= 15 is 0 Å². The Morgan fingerprint density at radius 1 is 1.22 bits per heavy atom. The van der Waals surface area contributed by atoms with E-state index in [4.69, 9.17) is 11.6 Å². The van der Waals surface area contributed by atoms with Crippen molar-refractivity contribution in [3.8, 4) is 0 Å². The maximum absolute atomic E-state index is 12.5. The number of benzene rings is 1. The molecule has 23 heavy (non-hydrogen) atoms. The van der Waals surface area contributed by atoms with Crippen LogP contribution in [0, 0.1) is 11.3 Å².